The molecular weight excluding hydrogens is 332 g/mol. The van der Waals surface area contributed by atoms with E-state index >= 15 is 0 Å². The monoisotopic (exact) mass is 354 g/mol. The molecule has 0 aliphatic rings. The standard InChI is InChI=1S/C20H22N2O2S/c1-5-22-16-8-6-13(2)10-18(16)25-20(22)21-19(23)12-15-7-9-17(24-4)14(3)11-15/h6-11H,5,12H2,1-4H3. The lowest BCUT2D eigenvalue weighted by Gasteiger charge is -2.06. The van der Waals surface area contributed by atoms with Crippen molar-refractivity contribution in [3.63, 3.8) is 0 Å². The van der Waals surface area contributed by atoms with Crippen molar-refractivity contribution in [2.24, 2.45) is 4.99 Å². The van der Waals surface area contributed by atoms with Crippen LogP contribution in [0.15, 0.2) is 41.4 Å². The molecule has 130 valence electrons. The Morgan fingerprint density at radius 1 is 1.20 bits per heavy atom. The summed E-state index contributed by atoms with van der Waals surface area (Å²) in [6.07, 6.45) is 0.293. The zero-order valence-electron chi connectivity index (χ0n) is 15.0. The van der Waals surface area contributed by atoms with E-state index in [1.54, 1.807) is 18.4 Å². The quantitative estimate of drug-likeness (QED) is 0.710. The molecule has 1 amide bonds. The maximum atomic E-state index is 12.5. The lowest BCUT2D eigenvalue weighted by Crippen LogP contribution is -2.16. The molecule has 0 N–H and O–H groups in total. The van der Waals surface area contributed by atoms with E-state index in [0.717, 1.165) is 38.4 Å². The van der Waals surface area contributed by atoms with Crippen molar-refractivity contribution < 1.29 is 9.53 Å². The van der Waals surface area contributed by atoms with E-state index in [4.69, 9.17) is 4.74 Å². The number of carbonyl (C=O) groups is 1. The number of hydrogen-bond acceptors (Lipinski definition) is 3. The molecule has 1 aromatic heterocycles. The van der Waals surface area contributed by atoms with Gasteiger partial charge >= 0.3 is 0 Å². The summed E-state index contributed by atoms with van der Waals surface area (Å²) in [6.45, 7) is 6.91. The Labute approximate surface area is 151 Å². The number of rotatable bonds is 4. The molecule has 25 heavy (non-hydrogen) atoms. The van der Waals surface area contributed by atoms with E-state index in [-0.39, 0.29) is 5.91 Å². The van der Waals surface area contributed by atoms with Gasteiger partial charge in [0, 0.05) is 6.54 Å². The molecule has 0 unspecified atom stereocenters. The van der Waals surface area contributed by atoms with Crippen LogP contribution in [0.25, 0.3) is 10.2 Å². The molecule has 0 spiro atoms. The molecule has 5 heteroatoms. The van der Waals surface area contributed by atoms with Gasteiger partial charge in [0.25, 0.3) is 5.91 Å². The Kier molecular flexibility index (Phi) is 5.04. The third-order valence-electron chi connectivity index (χ3n) is 4.19. The predicted octanol–water partition coefficient (Wildman–Crippen LogP) is 4.02. The van der Waals surface area contributed by atoms with Crippen LogP contribution in [0.2, 0.25) is 0 Å². The molecule has 0 saturated carbocycles. The van der Waals surface area contributed by atoms with Crippen molar-refractivity contribution in [1.29, 1.82) is 0 Å². The Balaban J connectivity index is 1.93. The van der Waals surface area contributed by atoms with Gasteiger partial charge in [0.2, 0.25) is 0 Å². The maximum Gasteiger partial charge on any atom is 0.252 e. The number of methoxy groups -OCH3 is 1. The molecule has 0 saturated heterocycles. The van der Waals surface area contributed by atoms with Crippen molar-refractivity contribution in [3.05, 3.63) is 57.9 Å². The number of ether oxygens (including phenoxy) is 1. The first-order valence-electron chi connectivity index (χ1n) is 8.33. The van der Waals surface area contributed by atoms with E-state index < -0.39 is 0 Å². The third-order valence-corrected chi connectivity index (χ3v) is 5.23. The Hall–Kier alpha value is -2.40. The van der Waals surface area contributed by atoms with E-state index in [1.165, 1.54) is 5.56 Å². The number of benzene rings is 2. The molecule has 0 radical (unpaired) electrons. The second-order valence-electron chi connectivity index (χ2n) is 6.09. The van der Waals surface area contributed by atoms with Crippen molar-refractivity contribution in [2.75, 3.05) is 7.11 Å². The van der Waals surface area contributed by atoms with Crippen LogP contribution in [0.3, 0.4) is 0 Å². The van der Waals surface area contributed by atoms with Gasteiger partial charge in [-0.05, 0) is 55.7 Å². The van der Waals surface area contributed by atoms with Gasteiger partial charge in [-0.3, -0.25) is 4.79 Å². The molecule has 0 aliphatic carbocycles. The highest BCUT2D eigenvalue weighted by molar-refractivity contribution is 7.16. The topological polar surface area (TPSA) is 43.6 Å². The average molecular weight is 354 g/mol. The summed E-state index contributed by atoms with van der Waals surface area (Å²) < 4.78 is 8.52. The first-order valence-corrected chi connectivity index (χ1v) is 9.14. The molecule has 1 heterocycles. The first-order chi connectivity index (χ1) is 12.0. The summed E-state index contributed by atoms with van der Waals surface area (Å²) in [5.41, 5.74) is 4.31. The summed E-state index contributed by atoms with van der Waals surface area (Å²) in [5.74, 6) is 0.701. The van der Waals surface area contributed by atoms with Crippen LogP contribution < -0.4 is 9.54 Å². The summed E-state index contributed by atoms with van der Waals surface area (Å²) in [7, 11) is 1.65. The van der Waals surface area contributed by atoms with Crippen LogP contribution >= 0.6 is 11.3 Å². The van der Waals surface area contributed by atoms with E-state index in [1.807, 2.05) is 25.1 Å². The minimum absolute atomic E-state index is 0.130. The zero-order chi connectivity index (χ0) is 18.0. The highest BCUT2D eigenvalue weighted by Crippen LogP contribution is 2.20. The number of thiazole rings is 1. The van der Waals surface area contributed by atoms with Crippen LogP contribution in [-0.4, -0.2) is 17.6 Å². The van der Waals surface area contributed by atoms with Gasteiger partial charge in [0.1, 0.15) is 5.75 Å². The Morgan fingerprint density at radius 3 is 2.68 bits per heavy atom. The SMILES string of the molecule is CCn1c(=NC(=O)Cc2ccc(OC)c(C)c2)sc2cc(C)ccc21. The molecule has 0 aliphatic heterocycles. The van der Waals surface area contributed by atoms with Gasteiger partial charge in [-0.15, -0.1) is 0 Å². The first kappa shape index (κ1) is 17.4. The predicted molar refractivity (Wildman–Crippen MR) is 102 cm³/mol. The number of carbonyl (C=O) groups excluding carboxylic acids is 1. The van der Waals surface area contributed by atoms with E-state index in [2.05, 4.69) is 41.6 Å². The minimum Gasteiger partial charge on any atom is -0.496 e. The number of nitrogens with zero attached hydrogens (tertiary/aromatic N) is 2. The second kappa shape index (κ2) is 7.23. The maximum absolute atomic E-state index is 12.5. The second-order valence-corrected chi connectivity index (χ2v) is 7.10. The van der Waals surface area contributed by atoms with Gasteiger partial charge in [0.05, 0.1) is 23.7 Å². The molecule has 0 fully saturated rings. The van der Waals surface area contributed by atoms with Gasteiger partial charge in [0.15, 0.2) is 4.80 Å². The summed E-state index contributed by atoms with van der Waals surface area (Å²) >= 11 is 1.57. The van der Waals surface area contributed by atoms with Gasteiger partial charge in [-0.2, -0.15) is 4.99 Å². The van der Waals surface area contributed by atoms with Crippen molar-refractivity contribution in [2.45, 2.75) is 33.7 Å². The molecule has 0 atom stereocenters. The van der Waals surface area contributed by atoms with Crippen LogP contribution in [0.1, 0.15) is 23.6 Å². The van der Waals surface area contributed by atoms with Gasteiger partial charge < -0.3 is 9.30 Å². The Bertz CT molecular complexity index is 999. The van der Waals surface area contributed by atoms with Gasteiger partial charge in [-0.1, -0.05) is 29.5 Å². The lowest BCUT2D eigenvalue weighted by molar-refractivity contribution is -0.117. The zero-order valence-corrected chi connectivity index (χ0v) is 15.8. The highest BCUT2D eigenvalue weighted by atomic mass is 32.1. The fourth-order valence-electron chi connectivity index (χ4n) is 2.94. The van der Waals surface area contributed by atoms with Gasteiger partial charge in [-0.25, -0.2) is 0 Å². The van der Waals surface area contributed by atoms with Crippen molar-refractivity contribution in [1.82, 2.24) is 4.57 Å². The molecule has 3 aromatic rings. The molecule has 3 rings (SSSR count). The molecule has 0 bridgehead atoms. The fraction of sp³-hybridized carbons (Fsp3) is 0.300. The lowest BCUT2D eigenvalue weighted by atomic mass is 10.1. The summed E-state index contributed by atoms with van der Waals surface area (Å²) in [4.78, 5) is 17.6. The number of aromatic nitrogens is 1. The molecule has 2 aromatic carbocycles. The van der Waals surface area contributed by atoms with Crippen LogP contribution in [0, 0.1) is 13.8 Å². The smallest absolute Gasteiger partial charge is 0.252 e. The normalized spacial score (nSPS) is 11.9. The number of amides is 1. The Morgan fingerprint density at radius 2 is 2.00 bits per heavy atom. The largest absolute Gasteiger partial charge is 0.496 e. The van der Waals surface area contributed by atoms with Crippen molar-refractivity contribution >= 4 is 27.5 Å². The molecule has 4 nitrogen and oxygen atoms in total. The number of fused-ring (bicyclic) bond motifs is 1. The molecular formula is C20H22N2O2S. The number of aryl methyl sites for hydroxylation is 3. The van der Waals surface area contributed by atoms with Crippen LogP contribution in [0.5, 0.6) is 5.75 Å². The van der Waals surface area contributed by atoms with Crippen LogP contribution in [0.4, 0.5) is 0 Å². The van der Waals surface area contributed by atoms with E-state index in [0.29, 0.717) is 6.42 Å². The summed E-state index contributed by atoms with van der Waals surface area (Å²) in [6, 6.07) is 12.1. The average Bonchev–Trinajstić information content (AvgIpc) is 2.90. The highest BCUT2D eigenvalue weighted by Gasteiger charge is 2.08. The van der Waals surface area contributed by atoms with E-state index in [9.17, 15) is 4.79 Å². The fourth-order valence-corrected chi connectivity index (χ4v) is 4.15. The third kappa shape index (κ3) is 3.66. The van der Waals surface area contributed by atoms with Crippen LogP contribution in [-0.2, 0) is 17.8 Å². The number of hydrogen-bond donors (Lipinski definition) is 0. The minimum atomic E-state index is -0.130. The van der Waals surface area contributed by atoms with Crippen molar-refractivity contribution in [3.8, 4) is 5.75 Å². The summed E-state index contributed by atoms with van der Waals surface area (Å²) in [5, 5.41) is 0.